The lowest BCUT2D eigenvalue weighted by molar-refractivity contribution is -0.119. The monoisotopic (exact) mass is 330 g/mol. The Balaban J connectivity index is 2.15. The highest BCUT2D eigenvalue weighted by Crippen LogP contribution is 2.50. The fraction of sp³-hybridized carbons (Fsp3) is 0.278. The third-order valence-corrected chi connectivity index (χ3v) is 5.73. The van der Waals surface area contributed by atoms with Gasteiger partial charge in [-0.25, -0.2) is 9.40 Å². The van der Waals surface area contributed by atoms with Crippen LogP contribution in [0.5, 0.6) is 0 Å². The molecule has 0 N–H and O–H groups in total. The van der Waals surface area contributed by atoms with Gasteiger partial charge in [0.1, 0.15) is 10.6 Å². The topological polar surface area (TPSA) is 23.6 Å². The molecule has 3 nitrogen and oxygen atoms in total. The van der Waals surface area contributed by atoms with E-state index in [2.05, 4.69) is 11.1 Å². The fourth-order valence-electron chi connectivity index (χ4n) is 2.89. The van der Waals surface area contributed by atoms with E-state index in [9.17, 15) is 9.18 Å². The molecular formula is C18H19FN2OS. The average molecular weight is 330 g/mol. The second kappa shape index (κ2) is 5.98. The quantitative estimate of drug-likeness (QED) is 0.856. The molecule has 120 valence electrons. The molecule has 2 aromatic carbocycles. The first-order chi connectivity index (χ1) is 10.9. The van der Waals surface area contributed by atoms with E-state index in [1.165, 1.54) is 12.1 Å². The molecule has 0 saturated heterocycles. The van der Waals surface area contributed by atoms with E-state index in [1.54, 1.807) is 30.8 Å². The molecule has 23 heavy (non-hydrogen) atoms. The number of benzene rings is 2. The maximum atomic E-state index is 13.3. The van der Waals surface area contributed by atoms with Crippen molar-refractivity contribution in [1.82, 2.24) is 5.01 Å². The van der Waals surface area contributed by atoms with E-state index in [0.29, 0.717) is 6.54 Å². The van der Waals surface area contributed by atoms with Gasteiger partial charge in [0.05, 0.1) is 12.2 Å². The fourth-order valence-corrected chi connectivity index (χ4v) is 4.27. The second-order valence-corrected chi connectivity index (χ2v) is 7.21. The highest BCUT2D eigenvalue weighted by molar-refractivity contribution is 8.01. The van der Waals surface area contributed by atoms with Gasteiger partial charge in [0.15, 0.2) is 5.78 Å². The van der Waals surface area contributed by atoms with Gasteiger partial charge >= 0.3 is 0 Å². The van der Waals surface area contributed by atoms with Gasteiger partial charge in [0.25, 0.3) is 0 Å². The zero-order valence-electron chi connectivity index (χ0n) is 13.4. The van der Waals surface area contributed by atoms with Crippen LogP contribution in [0.2, 0.25) is 0 Å². The van der Waals surface area contributed by atoms with Gasteiger partial charge in [0.2, 0.25) is 0 Å². The molecule has 2 aromatic rings. The van der Waals surface area contributed by atoms with E-state index in [4.69, 9.17) is 0 Å². The number of anilines is 1. The summed E-state index contributed by atoms with van der Waals surface area (Å²) in [6.45, 7) is 2.13. The van der Waals surface area contributed by atoms with Crippen LogP contribution in [-0.4, -0.2) is 31.4 Å². The number of ketones is 1. The maximum Gasteiger partial charge on any atom is 0.152 e. The Morgan fingerprint density at radius 1 is 1.17 bits per heavy atom. The van der Waals surface area contributed by atoms with Gasteiger partial charge in [-0.15, -0.1) is 11.8 Å². The van der Waals surface area contributed by atoms with Gasteiger partial charge in [0, 0.05) is 19.0 Å². The third kappa shape index (κ3) is 2.75. The van der Waals surface area contributed by atoms with Crippen LogP contribution in [0.3, 0.4) is 0 Å². The molecule has 1 heterocycles. The van der Waals surface area contributed by atoms with Crippen molar-refractivity contribution >= 4 is 23.2 Å². The number of thioether (sulfide) groups is 1. The zero-order valence-corrected chi connectivity index (χ0v) is 14.2. The van der Waals surface area contributed by atoms with Crippen molar-refractivity contribution in [3.05, 3.63) is 59.9 Å². The van der Waals surface area contributed by atoms with Crippen molar-refractivity contribution in [1.29, 1.82) is 0 Å². The zero-order chi connectivity index (χ0) is 16.6. The highest BCUT2D eigenvalue weighted by atomic mass is 32.2. The van der Waals surface area contributed by atoms with Crippen LogP contribution < -0.4 is 5.01 Å². The van der Waals surface area contributed by atoms with E-state index in [0.717, 1.165) is 16.1 Å². The molecule has 1 aliphatic rings. The molecule has 0 aromatic heterocycles. The maximum absolute atomic E-state index is 13.3. The summed E-state index contributed by atoms with van der Waals surface area (Å²) in [4.78, 5) is 13.7. The minimum absolute atomic E-state index is 0.0652. The van der Waals surface area contributed by atoms with Gasteiger partial charge in [-0.1, -0.05) is 24.3 Å². The summed E-state index contributed by atoms with van der Waals surface area (Å²) in [5, 5.41) is 4.08. The molecular weight excluding hydrogens is 311 g/mol. The van der Waals surface area contributed by atoms with Crippen molar-refractivity contribution in [3.63, 3.8) is 0 Å². The van der Waals surface area contributed by atoms with E-state index in [-0.39, 0.29) is 11.6 Å². The minimum atomic E-state index is -0.744. The summed E-state index contributed by atoms with van der Waals surface area (Å²) in [6, 6.07) is 14.3. The molecule has 1 atom stereocenters. The lowest BCUT2D eigenvalue weighted by atomic mass is 9.93. The minimum Gasteiger partial charge on any atom is -0.303 e. The number of Topliss-reactive ketones (excluding diaryl/α,β-unsaturated/α-hetero) is 1. The number of rotatable bonds is 3. The van der Waals surface area contributed by atoms with Crippen molar-refractivity contribution in [2.75, 3.05) is 25.6 Å². The summed E-state index contributed by atoms with van der Waals surface area (Å²) in [5.41, 5.74) is 1.92. The van der Waals surface area contributed by atoms with Crippen molar-refractivity contribution in [2.24, 2.45) is 0 Å². The van der Waals surface area contributed by atoms with Crippen LogP contribution in [0.1, 0.15) is 12.5 Å². The Morgan fingerprint density at radius 2 is 1.83 bits per heavy atom. The number of hydrogen-bond acceptors (Lipinski definition) is 4. The van der Waals surface area contributed by atoms with Gasteiger partial charge in [-0.3, -0.25) is 4.79 Å². The van der Waals surface area contributed by atoms with Gasteiger partial charge in [-0.2, -0.15) is 0 Å². The molecule has 0 bridgehead atoms. The van der Waals surface area contributed by atoms with Crippen LogP contribution in [0.25, 0.3) is 0 Å². The summed E-state index contributed by atoms with van der Waals surface area (Å²) < 4.78 is 12.6. The summed E-state index contributed by atoms with van der Waals surface area (Å²) >= 11 is 1.55. The van der Waals surface area contributed by atoms with Crippen LogP contribution >= 0.6 is 11.8 Å². The first-order valence-corrected chi connectivity index (χ1v) is 8.25. The molecule has 0 saturated carbocycles. The lowest BCUT2D eigenvalue weighted by Gasteiger charge is -2.45. The Morgan fingerprint density at radius 3 is 2.43 bits per heavy atom. The van der Waals surface area contributed by atoms with E-state index in [1.807, 2.05) is 37.3 Å². The molecule has 0 fully saturated rings. The normalized spacial score (nSPS) is 20.5. The SMILES string of the molecule is CC(=O)C1(c2ccc(F)cc2)CN(N(C)C)c2ccccc2S1. The number of carbonyl (C=O) groups is 1. The Bertz CT molecular complexity index is 732. The van der Waals surface area contributed by atoms with Crippen molar-refractivity contribution < 1.29 is 9.18 Å². The molecule has 0 radical (unpaired) electrons. The number of fused-ring (bicyclic) bond motifs is 1. The number of carbonyl (C=O) groups excluding carboxylic acids is 1. The van der Waals surface area contributed by atoms with E-state index < -0.39 is 4.75 Å². The van der Waals surface area contributed by atoms with Crippen molar-refractivity contribution in [2.45, 2.75) is 16.6 Å². The van der Waals surface area contributed by atoms with Crippen LogP contribution in [0, 0.1) is 5.82 Å². The predicted molar refractivity (Wildman–Crippen MR) is 92.1 cm³/mol. The Labute approximate surface area is 140 Å². The summed E-state index contributed by atoms with van der Waals surface area (Å²) in [6.07, 6.45) is 0. The number of para-hydroxylation sites is 1. The predicted octanol–water partition coefficient (Wildman–Crippen LogP) is 3.70. The second-order valence-electron chi connectivity index (χ2n) is 5.86. The number of hydrogen-bond donors (Lipinski definition) is 0. The standard InChI is InChI=1S/C18H19FN2OS/c1-13(22)18(14-8-10-15(19)11-9-14)12-21(20(2)3)16-6-4-5-7-17(16)23-18/h4-11H,12H2,1-3H3. The molecule has 0 spiro atoms. The van der Waals surface area contributed by atoms with E-state index >= 15 is 0 Å². The smallest absolute Gasteiger partial charge is 0.152 e. The third-order valence-electron chi connectivity index (χ3n) is 4.16. The molecule has 1 unspecified atom stereocenters. The average Bonchev–Trinajstić information content (AvgIpc) is 2.54. The largest absolute Gasteiger partial charge is 0.303 e. The van der Waals surface area contributed by atoms with Crippen molar-refractivity contribution in [3.8, 4) is 0 Å². The van der Waals surface area contributed by atoms with Gasteiger partial charge in [-0.05, 0) is 36.8 Å². The van der Waals surface area contributed by atoms with Crippen LogP contribution in [0.15, 0.2) is 53.4 Å². The van der Waals surface area contributed by atoms with Crippen LogP contribution in [-0.2, 0) is 9.54 Å². The number of nitrogens with zero attached hydrogens (tertiary/aromatic N) is 2. The number of hydrazine groups is 1. The Hall–Kier alpha value is -1.85. The summed E-state index contributed by atoms with van der Waals surface area (Å²) in [5.74, 6) is -0.228. The van der Waals surface area contributed by atoms with Crippen LogP contribution in [0.4, 0.5) is 10.1 Å². The molecule has 1 aliphatic heterocycles. The molecule has 5 heteroatoms. The summed E-state index contributed by atoms with van der Waals surface area (Å²) in [7, 11) is 3.92. The lowest BCUT2D eigenvalue weighted by Crippen LogP contribution is -2.51. The number of halogens is 1. The Kier molecular flexibility index (Phi) is 4.17. The highest BCUT2D eigenvalue weighted by Gasteiger charge is 2.45. The van der Waals surface area contributed by atoms with Gasteiger partial charge < -0.3 is 5.01 Å². The molecule has 0 aliphatic carbocycles. The first-order valence-electron chi connectivity index (χ1n) is 7.44. The molecule has 0 amide bonds. The first kappa shape index (κ1) is 16.0. The molecule has 3 rings (SSSR count).